The van der Waals surface area contributed by atoms with E-state index in [0.717, 1.165) is 60.3 Å². The van der Waals surface area contributed by atoms with Crippen LogP contribution in [0.15, 0.2) is 0 Å². The van der Waals surface area contributed by atoms with Crippen molar-refractivity contribution < 1.29 is 14.3 Å². The topological polar surface area (TPSA) is 76.6 Å². The molecule has 0 atom stereocenters. The minimum absolute atomic E-state index is 0.292. The lowest BCUT2D eigenvalue weighted by Crippen LogP contribution is -2.36. The fraction of sp³-hybridized carbons (Fsp3) is 0.588. The second kappa shape index (κ2) is 8.07. The van der Waals surface area contributed by atoms with Gasteiger partial charge in [-0.2, -0.15) is 0 Å². The van der Waals surface area contributed by atoms with Crippen molar-refractivity contribution in [3.63, 3.8) is 0 Å². The zero-order valence-corrected chi connectivity index (χ0v) is 15.7. The predicted octanol–water partition coefficient (Wildman–Crippen LogP) is 2.44. The molecule has 0 radical (unpaired) electrons. The van der Waals surface area contributed by atoms with Crippen LogP contribution in [-0.2, 0) is 16.0 Å². The molecule has 2 aromatic heterocycles. The highest BCUT2D eigenvalue weighted by molar-refractivity contribution is 7.20. The first kappa shape index (κ1) is 18.0. The molecular weight excluding hydrogens is 340 g/mol. The monoisotopic (exact) mass is 364 g/mol. The lowest BCUT2D eigenvalue weighted by molar-refractivity contribution is 0.0331. The second-order valence-corrected chi connectivity index (χ2v) is 6.86. The van der Waals surface area contributed by atoms with Crippen LogP contribution in [0.5, 0.6) is 0 Å². The van der Waals surface area contributed by atoms with E-state index in [2.05, 4.69) is 10.2 Å². The fourth-order valence-electron chi connectivity index (χ4n) is 2.90. The van der Waals surface area contributed by atoms with Crippen LogP contribution in [0.3, 0.4) is 0 Å². The summed E-state index contributed by atoms with van der Waals surface area (Å²) in [7, 11) is 0. The van der Waals surface area contributed by atoms with E-state index < -0.39 is 0 Å². The van der Waals surface area contributed by atoms with Crippen LogP contribution in [0.4, 0.5) is 5.82 Å². The van der Waals surface area contributed by atoms with E-state index in [1.807, 2.05) is 20.8 Å². The van der Waals surface area contributed by atoms with Crippen molar-refractivity contribution in [2.45, 2.75) is 27.3 Å². The van der Waals surface area contributed by atoms with Crippen LogP contribution in [0, 0.1) is 6.92 Å². The first-order chi connectivity index (χ1) is 12.1. The number of thiophene rings is 1. The van der Waals surface area contributed by atoms with Gasteiger partial charge in [-0.25, -0.2) is 14.8 Å². The summed E-state index contributed by atoms with van der Waals surface area (Å²) in [4.78, 5) is 25.3. The number of morpholine rings is 1. The highest BCUT2D eigenvalue weighted by atomic mass is 32.1. The molecule has 3 rings (SSSR count). The summed E-state index contributed by atoms with van der Waals surface area (Å²) < 4.78 is 10.6. The van der Waals surface area contributed by atoms with Gasteiger partial charge >= 0.3 is 5.97 Å². The van der Waals surface area contributed by atoms with Gasteiger partial charge in [0.05, 0.1) is 31.8 Å². The number of anilines is 1. The Morgan fingerprint density at radius 2 is 2.08 bits per heavy atom. The Morgan fingerprint density at radius 1 is 1.32 bits per heavy atom. The molecule has 1 aliphatic rings. The zero-order chi connectivity index (χ0) is 17.8. The Bertz CT molecular complexity index is 756. The number of carbonyl (C=O) groups excluding carboxylic acids is 1. The van der Waals surface area contributed by atoms with Crippen molar-refractivity contribution >= 4 is 33.3 Å². The van der Waals surface area contributed by atoms with Crippen LogP contribution in [-0.4, -0.2) is 60.3 Å². The number of nitrogens with one attached hydrogen (secondary N) is 1. The first-order valence-electron chi connectivity index (χ1n) is 8.65. The largest absolute Gasteiger partial charge is 0.462 e. The molecule has 7 nitrogen and oxygen atoms in total. The van der Waals surface area contributed by atoms with Crippen molar-refractivity contribution in [1.29, 1.82) is 0 Å². The summed E-state index contributed by atoms with van der Waals surface area (Å²) in [6, 6.07) is 0. The normalized spacial score (nSPS) is 15.5. The van der Waals surface area contributed by atoms with Gasteiger partial charge in [0.25, 0.3) is 0 Å². The smallest absolute Gasteiger partial charge is 0.348 e. The molecule has 8 heteroatoms. The molecule has 25 heavy (non-hydrogen) atoms. The number of hydrogen-bond donors (Lipinski definition) is 1. The van der Waals surface area contributed by atoms with Crippen LogP contribution >= 0.6 is 11.3 Å². The Balaban J connectivity index is 1.98. The number of hydrogen-bond acceptors (Lipinski definition) is 8. The minimum Gasteiger partial charge on any atom is -0.462 e. The van der Waals surface area contributed by atoms with E-state index in [9.17, 15) is 4.79 Å². The number of nitrogens with zero attached hydrogens (tertiary/aromatic N) is 3. The van der Waals surface area contributed by atoms with E-state index >= 15 is 0 Å². The van der Waals surface area contributed by atoms with Gasteiger partial charge in [-0.15, -0.1) is 11.3 Å². The van der Waals surface area contributed by atoms with E-state index in [1.165, 1.54) is 11.3 Å². The van der Waals surface area contributed by atoms with Gasteiger partial charge < -0.3 is 14.8 Å². The Morgan fingerprint density at radius 3 is 2.76 bits per heavy atom. The van der Waals surface area contributed by atoms with E-state index in [4.69, 9.17) is 19.4 Å². The molecule has 0 aromatic carbocycles. The van der Waals surface area contributed by atoms with Crippen LogP contribution in [0.1, 0.15) is 34.9 Å². The van der Waals surface area contributed by atoms with Crippen molar-refractivity contribution in [2.24, 2.45) is 0 Å². The first-order valence-corrected chi connectivity index (χ1v) is 9.46. The predicted molar refractivity (Wildman–Crippen MR) is 98.4 cm³/mol. The molecule has 1 N–H and O–H groups in total. The summed E-state index contributed by atoms with van der Waals surface area (Å²) >= 11 is 1.38. The lowest BCUT2D eigenvalue weighted by Gasteiger charge is -2.25. The summed E-state index contributed by atoms with van der Waals surface area (Å²) in [5, 5.41) is 4.23. The molecule has 3 heterocycles. The third-order valence-corrected chi connectivity index (χ3v) is 5.28. The molecule has 0 bridgehead atoms. The molecule has 0 unspecified atom stereocenters. The summed E-state index contributed by atoms with van der Waals surface area (Å²) in [5.41, 5.74) is 0.882. The molecule has 1 saturated heterocycles. The zero-order valence-electron chi connectivity index (χ0n) is 14.9. The summed E-state index contributed by atoms with van der Waals surface area (Å²) in [6.07, 6.45) is 0. The molecule has 136 valence electrons. The van der Waals surface area contributed by atoms with Gasteiger partial charge in [0, 0.05) is 19.6 Å². The Kier molecular flexibility index (Phi) is 5.82. The van der Waals surface area contributed by atoms with E-state index in [1.54, 1.807) is 0 Å². The molecule has 0 aliphatic carbocycles. The Labute approximate surface area is 151 Å². The number of aryl methyl sites for hydroxylation is 1. The van der Waals surface area contributed by atoms with Gasteiger partial charge in [-0.05, 0) is 26.3 Å². The number of fused-ring (bicyclic) bond motifs is 1. The summed E-state index contributed by atoms with van der Waals surface area (Å²) in [6.45, 7) is 10.8. The third kappa shape index (κ3) is 3.91. The average molecular weight is 364 g/mol. The van der Waals surface area contributed by atoms with Crippen molar-refractivity contribution in [3.8, 4) is 0 Å². The molecule has 0 saturated carbocycles. The van der Waals surface area contributed by atoms with Crippen LogP contribution in [0.2, 0.25) is 0 Å². The molecule has 2 aromatic rings. The van der Waals surface area contributed by atoms with Gasteiger partial charge in [0.1, 0.15) is 21.3 Å². The number of carbonyl (C=O) groups is 1. The maximum Gasteiger partial charge on any atom is 0.348 e. The Hall–Kier alpha value is -1.77. The average Bonchev–Trinajstić information content (AvgIpc) is 2.93. The lowest BCUT2D eigenvalue weighted by atomic mass is 10.2. The minimum atomic E-state index is -0.292. The molecule has 1 fully saturated rings. The second-order valence-electron chi connectivity index (χ2n) is 5.86. The molecule has 0 spiro atoms. The standard InChI is InChI=1S/C17H24N4O3S/c1-4-18-15-13-11(3)14(17(22)24-5-2)25-16(13)20-12(19-15)10-21-6-8-23-9-7-21/h4-10H2,1-3H3,(H,18,19,20). The highest BCUT2D eigenvalue weighted by Gasteiger charge is 2.22. The SMILES string of the molecule is CCNc1nc(CN2CCOCC2)nc2sc(C(=O)OCC)c(C)c12. The number of aromatic nitrogens is 2. The molecule has 1 aliphatic heterocycles. The van der Waals surface area contributed by atoms with Crippen molar-refractivity contribution in [3.05, 3.63) is 16.3 Å². The number of esters is 1. The number of ether oxygens (including phenoxy) is 2. The van der Waals surface area contributed by atoms with Gasteiger partial charge in [-0.3, -0.25) is 4.90 Å². The number of rotatable bonds is 6. The highest BCUT2D eigenvalue weighted by Crippen LogP contribution is 2.34. The quantitative estimate of drug-likeness (QED) is 0.789. The summed E-state index contributed by atoms with van der Waals surface area (Å²) in [5.74, 6) is 1.27. The van der Waals surface area contributed by atoms with Crippen LogP contribution in [0.25, 0.3) is 10.2 Å². The maximum absolute atomic E-state index is 12.2. The maximum atomic E-state index is 12.2. The van der Waals surface area contributed by atoms with Crippen molar-refractivity contribution in [1.82, 2.24) is 14.9 Å². The molecule has 0 amide bonds. The fourth-order valence-corrected chi connectivity index (χ4v) is 3.99. The van der Waals surface area contributed by atoms with Gasteiger partial charge in [-0.1, -0.05) is 0 Å². The van der Waals surface area contributed by atoms with E-state index in [-0.39, 0.29) is 5.97 Å². The third-order valence-electron chi connectivity index (χ3n) is 4.11. The van der Waals surface area contributed by atoms with Crippen molar-refractivity contribution in [2.75, 3.05) is 44.8 Å². The van der Waals surface area contributed by atoms with E-state index in [0.29, 0.717) is 18.0 Å². The molecular formula is C17H24N4O3S. The van der Waals surface area contributed by atoms with Gasteiger partial charge in [0.15, 0.2) is 0 Å². The van der Waals surface area contributed by atoms with Gasteiger partial charge in [0.2, 0.25) is 0 Å². The van der Waals surface area contributed by atoms with Crippen LogP contribution < -0.4 is 5.32 Å².